The zero-order valence-electron chi connectivity index (χ0n) is 11.0. The highest BCUT2D eigenvalue weighted by molar-refractivity contribution is 5.82. The Hall–Kier alpha value is -2.75. The smallest absolute Gasteiger partial charge is 0.178 e. The van der Waals surface area contributed by atoms with E-state index in [0.29, 0.717) is 0 Å². The lowest BCUT2D eigenvalue weighted by atomic mass is 10.2. The van der Waals surface area contributed by atoms with Gasteiger partial charge >= 0.3 is 0 Å². The third-order valence-corrected chi connectivity index (χ3v) is 3.33. The van der Waals surface area contributed by atoms with Crippen LogP contribution in [0.4, 0.5) is 0 Å². The van der Waals surface area contributed by atoms with E-state index in [2.05, 4.69) is 32.1 Å². The average molecular weight is 260 g/mol. The fraction of sp³-hybridized carbons (Fsp3) is 0.0625. The summed E-state index contributed by atoms with van der Waals surface area (Å²) in [5.41, 5.74) is 4.42. The molecule has 0 saturated carbocycles. The van der Waals surface area contributed by atoms with Crippen molar-refractivity contribution < 1.29 is 0 Å². The number of aromatic nitrogens is 4. The van der Waals surface area contributed by atoms with Crippen LogP contribution in [0.15, 0.2) is 48.5 Å². The number of aromatic amines is 1. The summed E-state index contributed by atoms with van der Waals surface area (Å²) in [6, 6.07) is 16.1. The summed E-state index contributed by atoms with van der Waals surface area (Å²) in [4.78, 5) is 16.8. The third kappa shape index (κ3) is 1.73. The minimum Gasteiger partial charge on any atom is -0.335 e. The van der Waals surface area contributed by atoms with Gasteiger partial charge in [-0.2, -0.15) is 0 Å². The number of hydrogen-bond donors (Lipinski definition) is 1. The maximum atomic E-state index is 4.64. The second-order valence-electron chi connectivity index (χ2n) is 4.80. The van der Waals surface area contributed by atoms with Crippen LogP contribution >= 0.6 is 0 Å². The Balaban J connectivity index is 1.91. The first-order chi connectivity index (χ1) is 9.79. The van der Waals surface area contributed by atoms with E-state index in [1.807, 2.05) is 43.3 Å². The van der Waals surface area contributed by atoms with Gasteiger partial charge in [-0.15, -0.1) is 0 Å². The highest BCUT2D eigenvalue weighted by atomic mass is 15.0. The van der Waals surface area contributed by atoms with Crippen molar-refractivity contribution >= 4 is 22.1 Å². The second kappa shape index (κ2) is 4.13. The SMILES string of the molecule is Cc1ccc2[nH]c(-c3ccc4ccccc4n3)nc2n1. The molecule has 0 aliphatic heterocycles. The van der Waals surface area contributed by atoms with Crippen molar-refractivity contribution in [2.75, 3.05) is 0 Å². The number of imidazole rings is 1. The molecule has 96 valence electrons. The van der Waals surface area contributed by atoms with Gasteiger partial charge in [-0.25, -0.2) is 15.0 Å². The van der Waals surface area contributed by atoms with E-state index in [1.165, 1.54) is 0 Å². The first-order valence-electron chi connectivity index (χ1n) is 6.49. The van der Waals surface area contributed by atoms with Gasteiger partial charge in [0.15, 0.2) is 11.5 Å². The molecule has 4 aromatic rings. The fourth-order valence-corrected chi connectivity index (χ4v) is 2.31. The van der Waals surface area contributed by atoms with Crippen LogP contribution in [0.2, 0.25) is 0 Å². The topological polar surface area (TPSA) is 54.5 Å². The van der Waals surface area contributed by atoms with Crippen molar-refractivity contribution in [1.29, 1.82) is 0 Å². The van der Waals surface area contributed by atoms with Crippen LogP contribution in [0.1, 0.15) is 5.69 Å². The van der Waals surface area contributed by atoms with E-state index in [0.717, 1.165) is 39.3 Å². The molecule has 20 heavy (non-hydrogen) atoms. The van der Waals surface area contributed by atoms with Crippen molar-refractivity contribution in [2.45, 2.75) is 6.92 Å². The monoisotopic (exact) mass is 260 g/mol. The van der Waals surface area contributed by atoms with Crippen LogP contribution < -0.4 is 0 Å². The number of benzene rings is 1. The van der Waals surface area contributed by atoms with Crippen LogP contribution in [-0.4, -0.2) is 19.9 Å². The molecule has 3 aromatic heterocycles. The normalized spacial score (nSPS) is 11.2. The van der Waals surface area contributed by atoms with Crippen LogP contribution in [-0.2, 0) is 0 Å². The number of aryl methyl sites for hydroxylation is 1. The lowest BCUT2D eigenvalue weighted by molar-refractivity contribution is 1.21. The van der Waals surface area contributed by atoms with E-state index in [-0.39, 0.29) is 0 Å². The number of nitrogens with one attached hydrogen (secondary N) is 1. The summed E-state index contributed by atoms with van der Waals surface area (Å²) in [5, 5.41) is 1.13. The first kappa shape index (κ1) is 11.1. The van der Waals surface area contributed by atoms with Gasteiger partial charge in [-0.3, -0.25) is 0 Å². The van der Waals surface area contributed by atoms with Crippen molar-refractivity contribution in [3.63, 3.8) is 0 Å². The quantitative estimate of drug-likeness (QED) is 0.570. The molecule has 0 aliphatic carbocycles. The predicted octanol–water partition coefficient (Wildman–Crippen LogP) is 3.48. The minimum absolute atomic E-state index is 0.731. The van der Waals surface area contributed by atoms with Gasteiger partial charge < -0.3 is 4.98 Å². The molecule has 1 aromatic carbocycles. The second-order valence-corrected chi connectivity index (χ2v) is 4.80. The molecule has 0 saturated heterocycles. The third-order valence-electron chi connectivity index (χ3n) is 3.33. The summed E-state index contributed by atoms with van der Waals surface area (Å²) in [6.07, 6.45) is 0. The Morgan fingerprint density at radius 1 is 0.850 bits per heavy atom. The number of fused-ring (bicyclic) bond motifs is 2. The molecule has 0 aliphatic rings. The largest absolute Gasteiger partial charge is 0.335 e. The molecule has 4 nitrogen and oxygen atoms in total. The molecule has 0 bridgehead atoms. The van der Waals surface area contributed by atoms with E-state index < -0.39 is 0 Å². The Bertz CT molecular complexity index is 924. The molecule has 0 unspecified atom stereocenters. The minimum atomic E-state index is 0.731. The van der Waals surface area contributed by atoms with Crippen LogP contribution in [0, 0.1) is 6.92 Å². The molecule has 0 spiro atoms. The van der Waals surface area contributed by atoms with Gasteiger partial charge in [0.2, 0.25) is 0 Å². The molecule has 0 amide bonds. The van der Waals surface area contributed by atoms with E-state index >= 15 is 0 Å². The number of pyridine rings is 2. The number of rotatable bonds is 1. The Morgan fingerprint density at radius 3 is 2.70 bits per heavy atom. The standard InChI is InChI=1S/C16H12N4/c1-10-6-8-14-15(17-10)20-16(19-14)13-9-7-11-4-2-3-5-12(11)18-13/h2-9H,1H3,(H,17,19,20). The number of nitrogens with zero attached hydrogens (tertiary/aromatic N) is 3. The summed E-state index contributed by atoms with van der Waals surface area (Å²) in [7, 11) is 0. The molecule has 4 heteroatoms. The van der Waals surface area contributed by atoms with Crippen molar-refractivity contribution in [3.8, 4) is 11.5 Å². The fourth-order valence-electron chi connectivity index (χ4n) is 2.31. The molecule has 4 rings (SSSR count). The highest BCUT2D eigenvalue weighted by Crippen LogP contribution is 2.21. The Kier molecular flexibility index (Phi) is 2.29. The van der Waals surface area contributed by atoms with Crippen LogP contribution in [0.5, 0.6) is 0 Å². The molecular formula is C16H12N4. The van der Waals surface area contributed by atoms with Crippen molar-refractivity contribution in [2.24, 2.45) is 0 Å². The first-order valence-corrected chi connectivity index (χ1v) is 6.49. The summed E-state index contributed by atoms with van der Waals surface area (Å²) >= 11 is 0. The highest BCUT2D eigenvalue weighted by Gasteiger charge is 2.08. The maximum Gasteiger partial charge on any atom is 0.178 e. The zero-order valence-corrected chi connectivity index (χ0v) is 11.0. The number of H-pyrrole nitrogens is 1. The van der Waals surface area contributed by atoms with Crippen LogP contribution in [0.25, 0.3) is 33.6 Å². The molecule has 0 radical (unpaired) electrons. The summed E-state index contributed by atoms with van der Waals surface area (Å²) in [6.45, 7) is 1.96. The lowest BCUT2D eigenvalue weighted by Gasteiger charge is -1.99. The van der Waals surface area contributed by atoms with Gasteiger partial charge in [0.1, 0.15) is 5.69 Å². The van der Waals surface area contributed by atoms with Gasteiger partial charge in [0.05, 0.1) is 11.0 Å². The van der Waals surface area contributed by atoms with Crippen LogP contribution in [0.3, 0.4) is 0 Å². The molecule has 3 heterocycles. The average Bonchev–Trinajstić information content (AvgIpc) is 2.89. The van der Waals surface area contributed by atoms with Gasteiger partial charge in [0.25, 0.3) is 0 Å². The van der Waals surface area contributed by atoms with E-state index in [1.54, 1.807) is 0 Å². The Morgan fingerprint density at radius 2 is 1.75 bits per heavy atom. The van der Waals surface area contributed by atoms with Gasteiger partial charge in [-0.1, -0.05) is 24.3 Å². The van der Waals surface area contributed by atoms with Gasteiger partial charge in [0, 0.05) is 11.1 Å². The Labute approximate surface area is 115 Å². The maximum absolute atomic E-state index is 4.64. The van der Waals surface area contributed by atoms with Gasteiger partial charge in [-0.05, 0) is 31.2 Å². The predicted molar refractivity (Wildman–Crippen MR) is 79.4 cm³/mol. The number of para-hydroxylation sites is 1. The summed E-state index contributed by atoms with van der Waals surface area (Å²) in [5.74, 6) is 0.754. The van der Waals surface area contributed by atoms with E-state index in [9.17, 15) is 0 Å². The molecular weight excluding hydrogens is 248 g/mol. The molecule has 0 fully saturated rings. The number of hydrogen-bond acceptors (Lipinski definition) is 3. The molecule has 0 atom stereocenters. The van der Waals surface area contributed by atoms with E-state index in [4.69, 9.17) is 0 Å². The van der Waals surface area contributed by atoms with Crippen molar-refractivity contribution in [1.82, 2.24) is 19.9 Å². The zero-order chi connectivity index (χ0) is 13.5. The van der Waals surface area contributed by atoms with Crippen molar-refractivity contribution in [3.05, 3.63) is 54.2 Å². The lowest BCUT2D eigenvalue weighted by Crippen LogP contribution is -1.86. The summed E-state index contributed by atoms with van der Waals surface area (Å²) < 4.78 is 0. The molecule has 1 N–H and O–H groups in total.